The number of amides is 2. The number of methoxy groups -OCH3 is 1. The molecule has 3 heterocycles. The van der Waals surface area contributed by atoms with Crippen LogP contribution in [0, 0.1) is 5.92 Å². The van der Waals surface area contributed by atoms with Crippen LogP contribution in [0.2, 0.25) is 18.6 Å². The first-order chi connectivity index (χ1) is 22.7. The molecule has 3 aliphatic rings. The number of piperazine rings is 1. The number of nitrogens with one attached hydrogen (secondary N) is 1. The van der Waals surface area contributed by atoms with Crippen LogP contribution in [0.1, 0.15) is 36.5 Å². The summed E-state index contributed by atoms with van der Waals surface area (Å²) in [4.78, 5) is 30.2. The van der Waals surface area contributed by atoms with Gasteiger partial charge in [0.2, 0.25) is 11.8 Å². The van der Waals surface area contributed by atoms with E-state index >= 15 is 0 Å². The summed E-state index contributed by atoms with van der Waals surface area (Å²) in [6.07, 6.45) is 2.51. The molecule has 0 saturated carbocycles. The predicted octanol–water partition coefficient (Wildman–Crippen LogP) is 4.29. The number of ether oxygens (including phenoxy) is 2. The molecule has 0 unspecified atom stereocenters. The van der Waals surface area contributed by atoms with Crippen molar-refractivity contribution in [3.8, 4) is 5.75 Å². The van der Waals surface area contributed by atoms with Gasteiger partial charge < -0.3 is 29.7 Å². The first-order valence-corrected chi connectivity index (χ1v) is 20.1. The maximum absolute atomic E-state index is 14.1. The second-order valence-electron chi connectivity index (χ2n) is 14.0. The maximum atomic E-state index is 14.1. The van der Waals surface area contributed by atoms with Crippen molar-refractivity contribution >= 4 is 30.8 Å². The van der Waals surface area contributed by atoms with Gasteiger partial charge in [0.15, 0.2) is 0 Å². The zero-order valence-corrected chi connectivity index (χ0v) is 29.2. The summed E-state index contributed by atoms with van der Waals surface area (Å²) >= 11 is 0. The largest absolute Gasteiger partial charge is 0.497 e. The van der Waals surface area contributed by atoms with Gasteiger partial charge in [0.25, 0.3) is 0 Å². The van der Waals surface area contributed by atoms with Crippen molar-refractivity contribution in [1.29, 1.82) is 0 Å². The van der Waals surface area contributed by atoms with Crippen LogP contribution in [-0.2, 0) is 33.7 Å². The van der Waals surface area contributed by atoms with Crippen LogP contribution >= 0.6 is 0 Å². The summed E-state index contributed by atoms with van der Waals surface area (Å²) in [6, 6.07) is 24.8. The van der Waals surface area contributed by atoms with E-state index in [1.54, 1.807) is 7.11 Å². The molecule has 2 N–H and O–H groups in total. The molecule has 5 atom stereocenters. The number of carbonyl (C=O) groups is 2. The molecular weight excluding hydrogens is 607 g/mol. The third-order valence-corrected chi connectivity index (χ3v) is 15.3. The Kier molecular flexibility index (Phi) is 10.2. The SMILES string of the molecule is COc1ccc([Si](C)(C)[C@@H]2[C@@H](C)[C@@H](CCc3ccc(N4CCNCC4=O)cc3)O[C@H]2CC(=O)N2Cc3ccccc3C[C@H]2CO)cc1. The van der Waals surface area contributed by atoms with Crippen molar-refractivity contribution in [2.24, 2.45) is 5.92 Å². The standard InChI is InChI=1S/C38H49N3O5Si/c1-26-34(18-11-27-9-12-30(13-10-27)40-20-19-39-23-37(40)44)46-35(38(26)47(3,4)33-16-14-32(45-2)15-17-33)22-36(43)41-24-29-8-6-5-7-28(29)21-31(41)25-42/h5-10,12-17,26,31,34-35,38-39,42H,11,18-25H2,1-4H3/t26-,31-,34+,35-,38+/m0/s1. The van der Waals surface area contributed by atoms with E-state index in [2.05, 4.69) is 73.9 Å². The number of rotatable bonds is 10. The van der Waals surface area contributed by atoms with Gasteiger partial charge in [0.1, 0.15) is 5.75 Å². The fraction of sp³-hybridized carbons (Fsp3) is 0.474. The van der Waals surface area contributed by atoms with Gasteiger partial charge in [-0.05, 0) is 71.7 Å². The van der Waals surface area contributed by atoms with Crippen LogP contribution in [0.3, 0.4) is 0 Å². The van der Waals surface area contributed by atoms with E-state index < -0.39 is 8.07 Å². The minimum absolute atomic E-state index is 0.0213. The average Bonchev–Trinajstić information content (AvgIpc) is 3.41. The van der Waals surface area contributed by atoms with Gasteiger partial charge in [-0.3, -0.25) is 9.59 Å². The van der Waals surface area contributed by atoms with Crippen molar-refractivity contribution in [2.45, 2.75) is 76.0 Å². The van der Waals surface area contributed by atoms with Crippen molar-refractivity contribution in [3.63, 3.8) is 0 Å². The van der Waals surface area contributed by atoms with E-state index in [9.17, 15) is 14.7 Å². The van der Waals surface area contributed by atoms with Crippen LogP contribution in [0.4, 0.5) is 5.69 Å². The van der Waals surface area contributed by atoms with Gasteiger partial charge in [0, 0.05) is 25.3 Å². The Morgan fingerprint density at radius 1 is 1.02 bits per heavy atom. The van der Waals surface area contributed by atoms with Gasteiger partial charge in [-0.25, -0.2) is 0 Å². The number of aryl methyl sites for hydroxylation is 1. The highest BCUT2D eigenvalue weighted by Crippen LogP contribution is 2.47. The summed E-state index contributed by atoms with van der Waals surface area (Å²) in [5.74, 6) is 1.27. The monoisotopic (exact) mass is 655 g/mol. The summed E-state index contributed by atoms with van der Waals surface area (Å²) in [7, 11) is -0.446. The van der Waals surface area contributed by atoms with E-state index in [-0.39, 0.29) is 48.1 Å². The summed E-state index contributed by atoms with van der Waals surface area (Å²) in [5, 5.41) is 14.7. The smallest absolute Gasteiger partial charge is 0.240 e. The van der Waals surface area contributed by atoms with Crippen LogP contribution in [0.15, 0.2) is 72.8 Å². The first-order valence-electron chi connectivity index (χ1n) is 17.1. The zero-order chi connectivity index (χ0) is 33.1. The van der Waals surface area contributed by atoms with E-state index in [1.807, 2.05) is 34.1 Å². The lowest BCUT2D eigenvalue weighted by Gasteiger charge is -2.39. The van der Waals surface area contributed by atoms with Gasteiger partial charge >= 0.3 is 0 Å². The highest BCUT2D eigenvalue weighted by molar-refractivity contribution is 6.91. The highest BCUT2D eigenvalue weighted by atomic mass is 28.3. The molecule has 3 aliphatic heterocycles. The number of aliphatic hydroxyl groups is 1. The summed E-state index contributed by atoms with van der Waals surface area (Å²) in [5.41, 5.74) is 4.75. The van der Waals surface area contributed by atoms with Gasteiger partial charge in [-0.15, -0.1) is 0 Å². The summed E-state index contributed by atoms with van der Waals surface area (Å²) < 4.78 is 12.4. The topological polar surface area (TPSA) is 91.3 Å². The Hall–Kier alpha value is -3.50. The molecule has 47 heavy (non-hydrogen) atoms. The molecule has 2 amide bonds. The minimum Gasteiger partial charge on any atom is -0.497 e. The molecule has 8 nitrogen and oxygen atoms in total. The van der Waals surface area contributed by atoms with Gasteiger partial charge in [0.05, 0.1) is 53.0 Å². The van der Waals surface area contributed by atoms with E-state index in [4.69, 9.17) is 9.47 Å². The number of fused-ring (bicyclic) bond motifs is 1. The predicted molar refractivity (Wildman–Crippen MR) is 188 cm³/mol. The molecule has 0 aliphatic carbocycles. The first kappa shape index (κ1) is 33.4. The Bertz CT molecular complexity index is 1550. The third kappa shape index (κ3) is 7.04. The molecule has 0 spiro atoms. The number of benzene rings is 3. The Morgan fingerprint density at radius 2 is 1.74 bits per heavy atom. The molecule has 2 saturated heterocycles. The molecule has 6 rings (SSSR count). The molecule has 0 bridgehead atoms. The quantitative estimate of drug-likeness (QED) is 0.317. The number of anilines is 1. The fourth-order valence-electron chi connectivity index (χ4n) is 8.21. The maximum Gasteiger partial charge on any atom is 0.240 e. The lowest BCUT2D eigenvalue weighted by molar-refractivity contribution is -0.138. The Balaban J connectivity index is 1.20. The zero-order valence-electron chi connectivity index (χ0n) is 28.2. The molecule has 0 aromatic heterocycles. The molecule has 9 heteroatoms. The van der Waals surface area contributed by atoms with Crippen LogP contribution in [0.25, 0.3) is 0 Å². The van der Waals surface area contributed by atoms with Crippen LogP contribution in [-0.4, -0.2) is 81.5 Å². The lowest BCUT2D eigenvalue weighted by atomic mass is 9.93. The Labute approximate surface area is 280 Å². The van der Waals surface area contributed by atoms with Crippen molar-refractivity contribution in [3.05, 3.63) is 89.5 Å². The highest BCUT2D eigenvalue weighted by Gasteiger charge is 2.51. The Morgan fingerprint density at radius 3 is 2.43 bits per heavy atom. The summed E-state index contributed by atoms with van der Waals surface area (Å²) in [6.45, 7) is 9.45. The van der Waals surface area contributed by atoms with Gasteiger partial charge in [-0.2, -0.15) is 0 Å². The normalized spacial score (nSPS) is 24.7. The minimum atomic E-state index is -2.13. The van der Waals surface area contributed by atoms with Crippen molar-refractivity contribution < 1.29 is 24.2 Å². The van der Waals surface area contributed by atoms with E-state index in [0.717, 1.165) is 36.4 Å². The van der Waals surface area contributed by atoms with Crippen molar-refractivity contribution in [1.82, 2.24) is 10.2 Å². The van der Waals surface area contributed by atoms with Crippen LogP contribution in [0.5, 0.6) is 5.75 Å². The van der Waals surface area contributed by atoms with Crippen molar-refractivity contribution in [2.75, 3.05) is 38.3 Å². The number of hydrogen-bond acceptors (Lipinski definition) is 6. The van der Waals surface area contributed by atoms with E-state index in [1.165, 1.54) is 16.3 Å². The van der Waals surface area contributed by atoms with Crippen LogP contribution < -0.4 is 20.1 Å². The molecule has 3 aromatic rings. The number of nitrogens with zero attached hydrogens (tertiary/aromatic N) is 2. The molecule has 2 fully saturated rings. The van der Waals surface area contributed by atoms with E-state index in [0.29, 0.717) is 32.5 Å². The molecule has 0 radical (unpaired) electrons. The number of carbonyl (C=O) groups excluding carboxylic acids is 2. The number of aliphatic hydroxyl groups excluding tert-OH is 1. The van der Waals surface area contributed by atoms with Gasteiger partial charge in [-0.1, -0.05) is 73.7 Å². The fourth-order valence-corrected chi connectivity index (χ4v) is 12.3. The lowest BCUT2D eigenvalue weighted by Crippen LogP contribution is -2.52. The molecule has 3 aromatic carbocycles. The molecular formula is C38H49N3O5Si. The second kappa shape index (κ2) is 14.3. The third-order valence-electron chi connectivity index (χ3n) is 10.9. The second-order valence-corrected chi connectivity index (χ2v) is 18.7. The average molecular weight is 656 g/mol. The molecule has 250 valence electrons. The number of hydrogen-bond donors (Lipinski definition) is 2.